The first-order valence-corrected chi connectivity index (χ1v) is 8.22. The summed E-state index contributed by atoms with van der Waals surface area (Å²) in [5.41, 5.74) is 6.29. The van der Waals surface area contributed by atoms with Gasteiger partial charge in [-0.3, -0.25) is 4.98 Å². The number of aryl methyl sites for hydroxylation is 3. The van der Waals surface area contributed by atoms with Crippen LogP contribution in [-0.2, 0) is 12.8 Å². The van der Waals surface area contributed by atoms with E-state index in [1.807, 2.05) is 13.2 Å². The molecule has 2 aromatic rings. The van der Waals surface area contributed by atoms with Gasteiger partial charge in [-0.2, -0.15) is 0 Å². The molecule has 3 heteroatoms. The number of aromatic nitrogens is 1. The second kappa shape index (κ2) is 7.19. The van der Waals surface area contributed by atoms with Crippen LogP contribution in [0.1, 0.15) is 40.9 Å². The van der Waals surface area contributed by atoms with Crippen LogP contribution < -0.4 is 5.32 Å². The first-order valence-electron chi connectivity index (χ1n) is 7.42. The molecule has 1 heterocycles. The molecule has 0 bridgehead atoms. The van der Waals surface area contributed by atoms with Crippen molar-refractivity contribution in [3.8, 4) is 0 Å². The predicted molar refractivity (Wildman–Crippen MR) is 92.7 cm³/mol. The van der Waals surface area contributed by atoms with Gasteiger partial charge in [0, 0.05) is 28.8 Å². The van der Waals surface area contributed by atoms with Gasteiger partial charge in [0.15, 0.2) is 0 Å². The smallest absolute Gasteiger partial charge is 0.0422 e. The highest BCUT2D eigenvalue weighted by atomic mass is 79.9. The highest BCUT2D eigenvalue weighted by molar-refractivity contribution is 9.10. The summed E-state index contributed by atoms with van der Waals surface area (Å²) >= 11 is 3.63. The third-order valence-electron chi connectivity index (χ3n) is 3.92. The predicted octanol–water partition coefficient (Wildman–Crippen LogP) is 4.53. The van der Waals surface area contributed by atoms with Crippen molar-refractivity contribution < 1.29 is 0 Å². The molecule has 1 unspecified atom stereocenters. The number of likely N-dealkylation sites (N-methyl/N-ethyl adjacent to an activating group) is 1. The number of rotatable bonds is 5. The van der Waals surface area contributed by atoms with Gasteiger partial charge in [0.2, 0.25) is 0 Å². The third kappa shape index (κ3) is 3.92. The number of pyridine rings is 1. The lowest BCUT2D eigenvalue weighted by molar-refractivity contribution is 0.583. The van der Waals surface area contributed by atoms with Crippen molar-refractivity contribution in [3.05, 3.63) is 62.9 Å². The van der Waals surface area contributed by atoms with E-state index in [-0.39, 0.29) is 6.04 Å². The van der Waals surface area contributed by atoms with E-state index in [1.54, 1.807) is 0 Å². The van der Waals surface area contributed by atoms with Gasteiger partial charge < -0.3 is 5.32 Å². The molecular weight excluding hydrogens is 324 g/mol. The molecular formula is C18H23BrN2. The van der Waals surface area contributed by atoms with E-state index >= 15 is 0 Å². The summed E-state index contributed by atoms with van der Waals surface area (Å²) in [6.45, 7) is 6.43. The summed E-state index contributed by atoms with van der Waals surface area (Å²) in [6, 6.07) is 9.10. The van der Waals surface area contributed by atoms with Crippen molar-refractivity contribution in [2.45, 2.75) is 39.7 Å². The molecule has 0 saturated carbocycles. The van der Waals surface area contributed by atoms with Crippen molar-refractivity contribution in [1.82, 2.24) is 10.3 Å². The summed E-state index contributed by atoms with van der Waals surface area (Å²) in [7, 11) is 2.01. The van der Waals surface area contributed by atoms with E-state index in [9.17, 15) is 0 Å². The van der Waals surface area contributed by atoms with E-state index in [1.165, 1.54) is 26.7 Å². The van der Waals surface area contributed by atoms with Gasteiger partial charge >= 0.3 is 0 Å². The summed E-state index contributed by atoms with van der Waals surface area (Å²) < 4.78 is 1.20. The molecule has 0 spiro atoms. The van der Waals surface area contributed by atoms with Crippen LogP contribution in [0.2, 0.25) is 0 Å². The zero-order chi connectivity index (χ0) is 15.4. The van der Waals surface area contributed by atoms with Gasteiger partial charge in [0.1, 0.15) is 0 Å². The fourth-order valence-corrected chi connectivity index (χ4v) is 2.79. The molecule has 112 valence electrons. The molecule has 0 radical (unpaired) electrons. The standard InChI is InChI=1S/C18H23BrN2/c1-5-14-6-7-16(21-11-14)10-17(20-4)15-8-12(2)18(19)13(3)9-15/h6-9,11,17,20H,5,10H2,1-4H3. The Hall–Kier alpha value is -1.19. The van der Waals surface area contributed by atoms with Gasteiger partial charge in [-0.25, -0.2) is 0 Å². The molecule has 2 nitrogen and oxygen atoms in total. The average molecular weight is 347 g/mol. The maximum absolute atomic E-state index is 4.58. The maximum atomic E-state index is 4.58. The summed E-state index contributed by atoms with van der Waals surface area (Å²) in [6.07, 6.45) is 3.93. The molecule has 1 aromatic heterocycles. The van der Waals surface area contributed by atoms with Crippen LogP contribution in [0, 0.1) is 13.8 Å². The molecule has 0 fully saturated rings. The van der Waals surface area contributed by atoms with E-state index < -0.39 is 0 Å². The molecule has 1 aromatic carbocycles. The number of nitrogens with one attached hydrogen (secondary N) is 1. The van der Waals surface area contributed by atoms with Crippen molar-refractivity contribution >= 4 is 15.9 Å². The minimum absolute atomic E-state index is 0.287. The first-order chi connectivity index (χ1) is 10.0. The van der Waals surface area contributed by atoms with Crippen molar-refractivity contribution in [3.63, 3.8) is 0 Å². The normalized spacial score (nSPS) is 12.4. The lowest BCUT2D eigenvalue weighted by atomic mass is 9.97. The maximum Gasteiger partial charge on any atom is 0.0422 e. The highest BCUT2D eigenvalue weighted by Crippen LogP contribution is 2.27. The van der Waals surface area contributed by atoms with Gasteiger partial charge in [0.05, 0.1) is 0 Å². The largest absolute Gasteiger partial charge is 0.313 e. The molecule has 0 aliphatic rings. The summed E-state index contributed by atoms with van der Waals surface area (Å²) in [5, 5.41) is 3.41. The SMILES string of the molecule is CCc1ccc(CC(NC)c2cc(C)c(Br)c(C)c2)nc1. The van der Waals surface area contributed by atoms with E-state index in [2.05, 4.69) is 71.3 Å². The summed E-state index contributed by atoms with van der Waals surface area (Å²) in [5.74, 6) is 0. The Kier molecular flexibility index (Phi) is 5.54. The van der Waals surface area contributed by atoms with Gasteiger partial charge in [-0.1, -0.05) is 41.1 Å². The number of benzene rings is 1. The van der Waals surface area contributed by atoms with Crippen LogP contribution in [0.15, 0.2) is 34.9 Å². The molecule has 0 saturated heterocycles. The Morgan fingerprint density at radius 2 is 1.86 bits per heavy atom. The van der Waals surface area contributed by atoms with Gasteiger partial charge in [-0.05, 0) is 55.6 Å². The minimum Gasteiger partial charge on any atom is -0.313 e. The molecule has 0 aliphatic carbocycles. The zero-order valence-electron chi connectivity index (χ0n) is 13.2. The zero-order valence-corrected chi connectivity index (χ0v) is 14.8. The third-order valence-corrected chi connectivity index (χ3v) is 5.17. The monoisotopic (exact) mass is 346 g/mol. The van der Waals surface area contributed by atoms with Crippen LogP contribution in [0.25, 0.3) is 0 Å². The van der Waals surface area contributed by atoms with E-state index in [0.717, 1.165) is 18.5 Å². The second-order valence-electron chi connectivity index (χ2n) is 5.53. The Labute approximate surface area is 136 Å². The molecule has 2 rings (SSSR count). The number of hydrogen-bond acceptors (Lipinski definition) is 2. The molecule has 0 amide bonds. The van der Waals surface area contributed by atoms with E-state index in [4.69, 9.17) is 0 Å². The Balaban J connectivity index is 2.23. The second-order valence-corrected chi connectivity index (χ2v) is 6.32. The Morgan fingerprint density at radius 3 is 2.33 bits per heavy atom. The minimum atomic E-state index is 0.287. The number of hydrogen-bond donors (Lipinski definition) is 1. The summed E-state index contributed by atoms with van der Waals surface area (Å²) in [4.78, 5) is 4.58. The van der Waals surface area contributed by atoms with Crippen LogP contribution >= 0.6 is 15.9 Å². The Morgan fingerprint density at radius 1 is 1.19 bits per heavy atom. The fourth-order valence-electron chi connectivity index (χ4n) is 2.56. The Bertz CT molecular complexity index is 582. The quantitative estimate of drug-likeness (QED) is 0.860. The van der Waals surface area contributed by atoms with Crippen LogP contribution in [0.3, 0.4) is 0 Å². The average Bonchev–Trinajstić information content (AvgIpc) is 2.50. The molecule has 21 heavy (non-hydrogen) atoms. The molecule has 1 atom stereocenters. The van der Waals surface area contributed by atoms with Crippen molar-refractivity contribution in [2.24, 2.45) is 0 Å². The van der Waals surface area contributed by atoms with Crippen LogP contribution in [-0.4, -0.2) is 12.0 Å². The van der Waals surface area contributed by atoms with Crippen molar-refractivity contribution in [1.29, 1.82) is 0 Å². The lowest BCUT2D eigenvalue weighted by Crippen LogP contribution is -2.19. The van der Waals surface area contributed by atoms with Crippen molar-refractivity contribution in [2.75, 3.05) is 7.05 Å². The van der Waals surface area contributed by atoms with Crippen LogP contribution in [0.4, 0.5) is 0 Å². The molecule has 0 aliphatic heterocycles. The number of halogens is 1. The first kappa shape index (κ1) is 16.2. The van der Waals surface area contributed by atoms with E-state index in [0.29, 0.717) is 0 Å². The number of nitrogens with zero attached hydrogens (tertiary/aromatic N) is 1. The fraction of sp³-hybridized carbons (Fsp3) is 0.389. The lowest BCUT2D eigenvalue weighted by Gasteiger charge is -2.18. The van der Waals surface area contributed by atoms with Gasteiger partial charge in [-0.15, -0.1) is 0 Å². The highest BCUT2D eigenvalue weighted by Gasteiger charge is 2.13. The van der Waals surface area contributed by atoms with Crippen LogP contribution in [0.5, 0.6) is 0 Å². The topological polar surface area (TPSA) is 24.9 Å². The molecule has 1 N–H and O–H groups in total. The van der Waals surface area contributed by atoms with Gasteiger partial charge in [0.25, 0.3) is 0 Å².